The minimum atomic E-state index is -3.16. The molecule has 2 amide bonds. The lowest BCUT2D eigenvalue weighted by atomic mass is 10.1. The van der Waals surface area contributed by atoms with Crippen LogP contribution in [0.2, 0.25) is 5.02 Å². The van der Waals surface area contributed by atoms with Gasteiger partial charge in [-0.05, 0) is 18.2 Å². The highest BCUT2D eigenvalue weighted by atomic mass is 35.5. The summed E-state index contributed by atoms with van der Waals surface area (Å²) >= 11 is 5.98. The molecule has 32 heavy (non-hydrogen) atoms. The lowest BCUT2D eigenvalue weighted by molar-refractivity contribution is -0.122. The fourth-order valence-corrected chi connectivity index (χ4v) is 3.49. The van der Waals surface area contributed by atoms with Gasteiger partial charge in [-0.1, -0.05) is 17.7 Å². The molecular weight excluding hydrogens is 450 g/mol. The lowest BCUT2D eigenvalue weighted by Gasteiger charge is -2.18. The number of alkyl halides is 2. The minimum Gasteiger partial charge on any atom is -0.493 e. The maximum absolute atomic E-state index is 12.9. The summed E-state index contributed by atoms with van der Waals surface area (Å²) in [6, 6.07) is 8.80. The number of methoxy groups -OCH3 is 2. The van der Waals surface area contributed by atoms with Crippen LogP contribution in [0, 0.1) is 5.92 Å². The van der Waals surface area contributed by atoms with Crippen molar-refractivity contribution in [3.8, 4) is 11.5 Å². The van der Waals surface area contributed by atoms with Gasteiger partial charge in [0, 0.05) is 35.8 Å². The minimum absolute atomic E-state index is 0.0785. The van der Waals surface area contributed by atoms with E-state index in [1.54, 1.807) is 24.3 Å². The van der Waals surface area contributed by atoms with E-state index in [1.807, 2.05) is 0 Å². The maximum Gasteiger partial charge on any atom is 0.387 e. The Morgan fingerprint density at radius 2 is 1.94 bits per heavy atom. The van der Waals surface area contributed by atoms with E-state index < -0.39 is 24.4 Å². The molecule has 1 fully saturated rings. The van der Waals surface area contributed by atoms with Crippen molar-refractivity contribution in [3.63, 3.8) is 0 Å². The van der Waals surface area contributed by atoms with Crippen LogP contribution in [0.3, 0.4) is 0 Å². The number of hydrogen-bond donors (Lipinski definition) is 1. The predicted octanol–water partition coefficient (Wildman–Crippen LogP) is 3.73. The number of rotatable bonds is 7. The van der Waals surface area contributed by atoms with Gasteiger partial charge in [0.2, 0.25) is 11.8 Å². The topological polar surface area (TPSA) is 94.2 Å². The number of anilines is 2. The molecule has 8 nitrogen and oxygen atoms in total. The summed E-state index contributed by atoms with van der Waals surface area (Å²) in [6.45, 7) is -3.08. The van der Waals surface area contributed by atoms with Gasteiger partial charge in [0.15, 0.2) is 11.5 Å². The maximum atomic E-state index is 12.9. The quantitative estimate of drug-likeness (QED) is 0.622. The van der Waals surface area contributed by atoms with Crippen LogP contribution in [0.5, 0.6) is 11.5 Å². The summed E-state index contributed by atoms with van der Waals surface area (Å²) in [5.41, 5.74) is 0.299. The first-order valence-corrected chi connectivity index (χ1v) is 9.73. The molecule has 1 heterocycles. The number of ether oxygens (including phenoxy) is 3. The molecule has 0 bridgehead atoms. The monoisotopic (exact) mass is 468 g/mol. The van der Waals surface area contributed by atoms with Gasteiger partial charge in [-0.25, -0.2) is 4.79 Å². The molecular formula is C21H19ClF2N2O6. The zero-order valence-electron chi connectivity index (χ0n) is 17.1. The lowest BCUT2D eigenvalue weighted by Crippen LogP contribution is -2.28. The molecule has 1 unspecified atom stereocenters. The molecule has 0 aliphatic carbocycles. The Labute approximate surface area is 187 Å². The second-order valence-corrected chi connectivity index (χ2v) is 7.23. The third kappa shape index (κ3) is 5.08. The number of carbonyl (C=O) groups excluding carboxylic acids is 3. The zero-order chi connectivity index (χ0) is 23.4. The highest BCUT2D eigenvalue weighted by Gasteiger charge is 2.36. The molecule has 2 aromatic carbocycles. The van der Waals surface area contributed by atoms with Crippen LogP contribution in [0.4, 0.5) is 20.2 Å². The molecule has 1 saturated heterocycles. The van der Waals surface area contributed by atoms with Crippen LogP contribution in [0.25, 0.3) is 0 Å². The van der Waals surface area contributed by atoms with Crippen molar-refractivity contribution >= 4 is 40.8 Å². The number of carbonyl (C=O) groups is 3. The van der Waals surface area contributed by atoms with E-state index in [4.69, 9.17) is 21.1 Å². The number of esters is 1. The molecule has 3 rings (SSSR count). The van der Waals surface area contributed by atoms with Crippen LogP contribution in [-0.2, 0) is 14.3 Å². The standard InChI is InChI=1S/C21H19ClF2N2O6/c1-30-16-8-14(20(29)31-2)15(9-17(16)32-21(23)24)25-19(28)11-6-18(27)26(10-11)13-5-3-4-12(22)7-13/h3-5,7-9,11,21H,6,10H2,1-2H3,(H,25,28). The summed E-state index contributed by atoms with van der Waals surface area (Å²) in [7, 11) is 2.34. The van der Waals surface area contributed by atoms with Crippen molar-refractivity contribution in [2.75, 3.05) is 31.0 Å². The van der Waals surface area contributed by atoms with Crippen molar-refractivity contribution in [1.82, 2.24) is 0 Å². The van der Waals surface area contributed by atoms with Gasteiger partial charge in [0.25, 0.3) is 0 Å². The van der Waals surface area contributed by atoms with E-state index in [1.165, 1.54) is 12.0 Å². The van der Waals surface area contributed by atoms with Gasteiger partial charge in [-0.15, -0.1) is 0 Å². The van der Waals surface area contributed by atoms with Gasteiger partial charge in [0.1, 0.15) is 0 Å². The van der Waals surface area contributed by atoms with Crippen molar-refractivity contribution < 1.29 is 37.4 Å². The summed E-state index contributed by atoms with van der Waals surface area (Å²) in [6.07, 6.45) is -0.0809. The molecule has 0 saturated carbocycles. The first-order chi connectivity index (χ1) is 15.2. The molecule has 1 aliphatic rings. The number of hydrogen-bond acceptors (Lipinski definition) is 6. The summed E-state index contributed by atoms with van der Waals surface area (Å²) in [5, 5.41) is 2.95. The smallest absolute Gasteiger partial charge is 0.387 e. The number of benzene rings is 2. The zero-order valence-corrected chi connectivity index (χ0v) is 17.8. The molecule has 0 radical (unpaired) electrons. The third-order valence-corrected chi connectivity index (χ3v) is 5.03. The van der Waals surface area contributed by atoms with Gasteiger partial charge in [-0.3, -0.25) is 9.59 Å². The molecule has 0 aromatic heterocycles. The van der Waals surface area contributed by atoms with Crippen LogP contribution in [0.15, 0.2) is 36.4 Å². The molecule has 11 heteroatoms. The second-order valence-electron chi connectivity index (χ2n) is 6.79. The predicted molar refractivity (Wildman–Crippen MR) is 112 cm³/mol. The van der Waals surface area contributed by atoms with E-state index >= 15 is 0 Å². The Bertz CT molecular complexity index is 1050. The van der Waals surface area contributed by atoms with Crippen molar-refractivity contribution in [2.24, 2.45) is 5.92 Å². The Morgan fingerprint density at radius 1 is 1.19 bits per heavy atom. The third-order valence-electron chi connectivity index (χ3n) is 4.80. The van der Waals surface area contributed by atoms with Crippen LogP contribution < -0.4 is 19.7 Å². The summed E-state index contributed by atoms with van der Waals surface area (Å²) in [4.78, 5) is 38.9. The molecule has 1 atom stereocenters. The van der Waals surface area contributed by atoms with Crippen molar-refractivity contribution in [2.45, 2.75) is 13.0 Å². The fourth-order valence-electron chi connectivity index (χ4n) is 3.30. The molecule has 170 valence electrons. The van der Waals surface area contributed by atoms with Crippen molar-refractivity contribution in [1.29, 1.82) is 0 Å². The number of amides is 2. The Morgan fingerprint density at radius 3 is 2.56 bits per heavy atom. The average molecular weight is 469 g/mol. The van der Waals surface area contributed by atoms with E-state index in [0.29, 0.717) is 10.7 Å². The van der Waals surface area contributed by atoms with Crippen LogP contribution in [0.1, 0.15) is 16.8 Å². The Hall–Kier alpha value is -3.40. The van der Waals surface area contributed by atoms with Gasteiger partial charge in [-0.2, -0.15) is 8.78 Å². The first kappa shape index (κ1) is 23.3. The Balaban J connectivity index is 1.86. The van der Waals surface area contributed by atoms with E-state index in [-0.39, 0.29) is 41.6 Å². The van der Waals surface area contributed by atoms with Crippen LogP contribution in [-0.4, -0.2) is 45.2 Å². The molecule has 1 N–H and O–H groups in total. The highest BCUT2D eigenvalue weighted by molar-refractivity contribution is 6.31. The highest BCUT2D eigenvalue weighted by Crippen LogP contribution is 2.36. The number of nitrogens with zero attached hydrogens (tertiary/aromatic N) is 1. The van der Waals surface area contributed by atoms with Gasteiger partial charge >= 0.3 is 12.6 Å². The van der Waals surface area contributed by atoms with Gasteiger partial charge < -0.3 is 24.4 Å². The van der Waals surface area contributed by atoms with Crippen LogP contribution >= 0.6 is 11.6 Å². The van der Waals surface area contributed by atoms with Crippen molar-refractivity contribution in [3.05, 3.63) is 47.0 Å². The molecule has 2 aromatic rings. The SMILES string of the molecule is COC(=O)c1cc(OC)c(OC(F)F)cc1NC(=O)C1CC(=O)N(c2cccc(Cl)c2)C1. The first-order valence-electron chi connectivity index (χ1n) is 9.35. The number of nitrogens with one attached hydrogen (secondary N) is 1. The summed E-state index contributed by atoms with van der Waals surface area (Å²) in [5.74, 6) is -2.97. The average Bonchev–Trinajstić information content (AvgIpc) is 3.15. The molecule has 1 aliphatic heterocycles. The largest absolute Gasteiger partial charge is 0.493 e. The fraction of sp³-hybridized carbons (Fsp3) is 0.286. The van der Waals surface area contributed by atoms with Gasteiger partial charge in [0.05, 0.1) is 31.4 Å². The second kappa shape index (κ2) is 9.82. The van der Waals surface area contributed by atoms with E-state index in [9.17, 15) is 23.2 Å². The Kier molecular flexibility index (Phi) is 7.14. The van der Waals surface area contributed by atoms with E-state index in [2.05, 4.69) is 10.1 Å². The molecule has 0 spiro atoms. The summed E-state index contributed by atoms with van der Waals surface area (Å²) < 4.78 is 39.6. The normalized spacial score (nSPS) is 15.6. The van der Waals surface area contributed by atoms with E-state index in [0.717, 1.165) is 19.2 Å². The number of halogens is 3.